The fraction of sp³-hybridized carbons (Fsp3) is 0.0270. The number of hydrogen-bond donors (Lipinski definition) is 0. The number of pyridine rings is 2. The zero-order chi connectivity index (χ0) is 27.8. The number of nitrogens with zero attached hydrogens (tertiary/aromatic N) is 4. The number of ether oxygens (including phenoxy) is 1. The van der Waals surface area contributed by atoms with Gasteiger partial charge < -0.3 is 13.5 Å². The molecule has 5 aromatic carbocycles. The molecule has 0 N–H and O–H groups in total. The van der Waals surface area contributed by atoms with Crippen LogP contribution in [0, 0.1) is 19.1 Å². The maximum Gasteiger partial charge on any atom is 2.00 e. The van der Waals surface area contributed by atoms with Crippen LogP contribution >= 0.6 is 0 Å². The van der Waals surface area contributed by atoms with Crippen LogP contribution in [0.3, 0.4) is 0 Å². The van der Waals surface area contributed by atoms with E-state index in [1.54, 1.807) is 0 Å². The molecule has 0 bridgehead atoms. The van der Waals surface area contributed by atoms with Crippen molar-refractivity contribution in [3.8, 4) is 22.8 Å². The first-order valence-electron chi connectivity index (χ1n) is 13.9. The second-order valence-corrected chi connectivity index (χ2v) is 10.6. The number of fused-ring (bicyclic) bond motifs is 12. The van der Waals surface area contributed by atoms with Gasteiger partial charge in [0.25, 0.3) is 0 Å². The Labute approximate surface area is 261 Å². The third-order valence-electron chi connectivity index (χ3n) is 8.05. The molecule has 0 amide bonds. The molecule has 0 aliphatic rings. The first kappa shape index (κ1) is 25.7. The van der Waals surface area contributed by atoms with Crippen molar-refractivity contribution in [2.24, 2.45) is 0 Å². The van der Waals surface area contributed by atoms with E-state index in [1.165, 1.54) is 0 Å². The summed E-state index contributed by atoms with van der Waals surface area (Å²) in [4.78, 5) is 9.71. The molecule has 206 valence electrons. The van der Waals surface area contributed by atoms with Gasteiger partial charge in [-0.3, -0.25) is 9.97 Å². The molecule has 0 saturated heterocycles. The van der Waals surface area contributed by atoms with Crippen LogP contribution < -0.4 is 4.74 Å². The average Bonchev–Trinajstić information content (AvgIpc) is 3.66. The smallest absolute Gasteiger partial charge is 0.497 e. The minimum absolute atomic E-state index is 0. The third kappa shape index (κ3) is 3.89. The number of aromatic nitrogens is 4. The molecule has 0 saturated carbocycles. The Balaban J connectivity index is 0.00000278. The van der Waals surface area contributed by atoms with Crippen LogP contribution in [0.5, 0.6) is 11.5 Å². The largest absolute Gasteiger partial charge is 2.00 e. The van der Waals surface area contributed by atoms with E-state index in [2.05, 4.69) is 112 Å². The van der Waals surface area contributed by atoms with Gasteiger partial charge in [-0.2, -0.15) is 0 Å². The Kier molecular flexibility index (Phi) is 5.85. The molecule has 9 rings (SSSR count). The quantitative estimate of drug-likeness (QED) is 0.135. The number of aryl methyl sites for hydroxylation is 1. The van der Waals surface area contributed by atoms with E-state index in [4.69, 9.17) is 14.7 Å². The summed E-state index contributed by atoms with van der Waals surface area (Å²) in [6.07, 6.45) is 4.01. The molecule has 5 nitrogen and oxygen atoms in total. The van der Waals surface area contributed by atoms with Crippen molar-refractivity contribution < 1.29 is 25.8 Å². The summed E-state index contributed by atoms with van der Waals surface area (Å²) >= 11 is 0. The van der Waals surface area contributed by atoms with Crippen molar-refractivity contribution >= 4 is 54.6 Å². The van der Waals surface area contributed by atoms with Crippen LogP contribution in [-0.2, 0) is 21.1 Å². The fourth-order valence-corrected chi connectivity index (χ4v) is 6.24. The Hall–Kier alpha value is -4.99. The second kappa shape index (κ2) is 9.79. The number of para-hydroxylation sites is 2. The summed E-state index contributed by atoms with van der Waals surface area (Å²) in [5.74, 6) is 1.22. The number of benzene rings is 5. The number of rotatable bonds is 3. The molecule has 0 aliphatic carbocycles. The first-order valence-corrected chi connectivity index (χ1v) is 13.9. The summed E-state index contributed by atoms with van der Waals surface area (Å²) in [6.45, 7) is 2.02. The average molecular weight is 734 g/mol. The van der Waals surface area contributed by atoms with Crippen molar-refractivity contribution in [2.75, 3.05) is 0 Å². The van der Waals surface area contributed by atoms with Gasteiger partial charge in [0.2, 0.25) is 0 Å². The molecule has 4 heterocycles. The van der Waals surface area contributed by atoms with Crippen LogP contribution in [0.1, 0.15) is 5.69 Å². The van der Waals surface area contributed by atoms with E-state index in [1.807, 2.05) is 31.3 Å². The van der Waals surface area contributed by atoms with Crippen molar-refractivity contribution in [3.63, 3.8) is 0 Å². The fourth-order valence-electron chi connectivity index (χ4n) is 6.24. The summed E-state index contributed by atoms with van der Waals surface area (Å²) in [5, 5.41) is 6.30. The van der Waals surface area contributed by atoms with E-state index in [0.29, 0.717) is 11.5 Å². The molecular weight excluding hydrogens is 712 g/mol. The Morgan fingerprint density at radius 1 is 0.628 bits per heavy atom. The van der Waals surface area contributed by atoms with Gasteiger partial charge in [0.05, 0.1) is 17.0 Å². The van der Waals surface area contributed by atoms with Crippen LogP contribution in [0.15, 0.2) is 116 Å². The van der Waals surface area contributed by atoms with Gasteiger partial charge in [0.15, 0.2) is 0 Å². The van der Waals surface area contributed by atoms with Gasteiger partial charge in [0.1, 0.15) is 0 Å². The van der Waals surface area contributed by atoms with Crippen molar-refractivity contribution in [3.05, 3.63) is 133 Å². The standard InChI is InChI=1S/C37H22N4O.Pt/c1-23-22-40-33-13-7-5-11-29(33)27-17-15-26(20-32(27)37(40)39-23)42-25-16-18-28-30-12-6-8-14-34(30)41-35(24-9-3-2-4-10-24)21-38-36(41)31(28)19-25;/h2-18,21-22H,1H3;/q-2;+2. The molecule has 6 heteroatoms. The summed E-state index contributed by atoms with van der Waals surface area (Å²) in [5.41, 5.74) is 7.05. The SMILES string of the molecule is Cc1cn2c3ccccc3c3ccc(Oc4[c-]c5c(cc4)c4ccccc4n4c(-c6ccccc6)cnc54)[c-]c3c2n1.[Pt+2]. The van der Waals surface area contributed by atoms with E-state index in [9.17, 15) is 0 Å². The van der Waals surface area contributed by atoms with Crippen LogP contribution in [0.4, 0.5) is 0 Å². The van der Waals surface area contributed by atoms with Crippen molar-refractivity contribution in [2.45, 2.75) is 6.92 Å². The van der Waals surface area contributed by atoms with Gasteiger partial charge in [-0.25, -0.2) is 0 Å². The van der Waals surface area contributed by atoms with Crippen LogP contribution in [-0.4, -0.2) is 18.8 Å². The van der Waals surface area contributed by atoms with E-state index in [-0.39, 0.29) is 21.1 Å². The summed E-state index contributed by atoms with van der Waals surface area (Å²) in [7, 11) is 0. The molecule has 0 aliphatic heterocycles. The van der Waals surface area contributed by atoms with Crippen molar-refractivity contribution in [1.82, 2.24) is 18.8 Å². The number of imidazole rings is 2. The van der Waals surface area contributed by atoms with Gasteiger partial charge in [-0.1, -0.05) is 113 Å². The Morgan fingerprint density at radius 3 is 1.95 bits per heavy atom. The minimum atomic E-state index is 0. The third-order valence-corrected chi connectivity index (χ3v) is 8.05. The first-order chi connectivity index (χ1) is 20.7. The molecule has 0 radical (unpaired) electrons. The van der Waals surface area contributed by atoms with Crippen LogP contribution in [0.25, 0.3) is 65.9 Å². The molecule has 4 aromatic heterocycles. The molecule has 0 spiro atoms. The van der Waals surface area contributed by atoms with E-state index < -0.39 is 0 Å². The second-order valence-electron chi connectivity index (χ2n) is 10.6. The maximum absolute atomic E-state index is 6.43. The Morgan fingerprint density at radius 2 is 1.23 bits per heavy atom. The van der Waals surface area contributed by atoms with Crippen LogP contribution in [0.2, 0.25) is 0 Å². The monoisotopic (exact) mass is 733 g/mol. The topological polar surface area (TPSA) is 43.8 Å². The van der Waals surface area contributed by atoms with Gasteiger partial charge in [0, 0.05) is 40.6 Å². The molecule has 0 atom stereocenters. The normalized spacial score (nSPS) is 11.7. The number of hydrogen-bond acceptors (Lipinski definition) is 3. The molecule has 0 unspecified atom stereocenters. The summed E-state index contributed by atoms with van der Waals surface area (Å²) in [6, 6.07) is 42.4. The van der Waals surface area contributed by atoms with Gasteiger partial charge >= 0.3 is 21.1 Å². The molecule has 9 aromatic rings. The van der Waals surface area contributed by atoms with E-state index in [0.717, 1.165) is 71.6 Å². The van der Waals surface area contributed by atoms with Gasteiger partial charge in [-0.15, -0.1) is 12.1 Å². The predicted molar refractivity (Wildman–Crippen MR) is 168 cm³/mol. The maximum atomic E-state index is 6.43. The minimum Gasteiger partial charge on any atom is -0.497 e. The predicted octanol–water partition coefficient (Wildman–Crippen LogP) is 8.96. The summed E-state index contributed by atoms with van der Waals surface area (Å²) < 4.78 is 10.8. The van der Waals surface area contributed by atoms with Gasteiger partial charge in [-0.05, 0) is 35.4 Å². The van der Waals surface area contributed by atoms with E-state index >= 15 is 0 Å². The molecule has 0 fully saturated rings. The Bertz CT molecular complexity index is 2510. The van der Waals surface area contributed by atoms with Crippen molar-refractivity contribution in [1.29, 1.82) is 0 Å². The molecular formula is C37H22N4OPt. The zero-order valence-electron chi connectivity index (χ0n) is 23.0. The zero-order valence-corrected chi connectivity index (χ0v) is 25.3. The molecule has 43 heavy (non-hydrogen) atoms.